The summed E-state index contributed by atoms with van der Waals surface area (Å²) in [5, 5.41) is 0. The predicted octanol–water partition coefficient (Wildman–Crippen LogP) is 2.98. The molecular formula is C13H14F2O4. The molecule has 0 saturated heterocycles. The fourth-order valence-electron chi connectivity index (χ4n) is 1.57. The molecule has 0 bridgehead atoms. The maximum Gasteiger partial charge on any atom is 0.338 e. The fraction of sp³-hybridized carbons (Fsp3) is 0.385. The van der Waals surface area contributed by atoms with E-state index in [9.17, 15) is 18.4 Å². The van der Waals surface area contributed by atoms with Crippen molar-refractivity contribution in [1.29, 1.82) is 0 Å². The number of esters is 2. The molecule has 0 aliphatic carbocycles. The van der Waals surface area contributed by atoms with Gasteiger partial charge in [-0.2, -0.15) is 0 Å². The molecule has 0 amide bonds. The van der Waals surface area contributed by atoms with E-state index in [2.05, 4.69) is 9.47 Å². The van der Waals surface area contributed by atoms with Crippen molar-refractivity contribution >= 4 is 11.9 Å². The van der Waals surface area contributed by atoms with Gasteiger partial charge < -0.3 is 9.47 Å². The van der Waals surface area contributed by atoms with E-state index in [1.54, 1.807) is 13.8 Å². The van der Waals surface area contributed by atoms with Crippen molar-refractivity contribution in [3.63, 3.8) is 0 Å². The van der Waals surface area contributed by atoms with E-state index < -0.39 is 23.9 Å². The largest absolute Gasteiger partial charge is 0.462 e. The molecule has 1 aromatic carbocycles. The van der Waals surface area contributed by atoms with E-state index in [0.29, 0.717) is 0 Å². The third-order valence-corrected chi connectivity index (χ3v) is 2.32. The summed E-state index contributed by atoms with van der Waals surface area (Å²) < 4.78 is 35.5. The summed E-state index contributed by atoms with van der Waals surface area (Å²) >= 11 is 0. The quantitative estimate of drug-likeness (QED) is 0.773. The van der Waals surface area contributed by atoms with Gasteiger partial charge in [0.15, 0.2) is 0 Å². The lowest BCUT2D eigenvalue weighted by atomic mass is 10.0. The number of rotatable bonds is 5. The third-order valence-electron chi connectivity index (χ3n) is 2.32. The smallest absolute Gasteiger partial charge is 0.338 e. The van der Waals surface area contributed by atoms with Gasteiger partial charge in [0.2, 0.25) is 0 Å². The molecule has 0 heterocycles. The monoisotopic (exact) mass is 272 g/mol. The Balaban J connectivity index is 3.29. The van der Waals surface area contributed by atoms with Crippen molar-refractivity contribution in [2.45, 2.75) is 20.3 Å². The number of carbonyl (C=O) groups excluding carboxylic acids is 2. The van der Waals surface area contributed by atoms with E-state index in [1.165, 1.54) is 18.2 Å². The highest BCUT2D eigenvalue weighted by atomic mass is 19.3. The van der Waals surface area contributed by atoms with Crippen LogP contribution >= 0.6 is 0 Å². The summed E-state index contributed by atoms with van der Waals surface area (Å²) in [5.74, 6) is -1.77. The lowest BCUT2D eigenvalue weighted by Crippen LogP contribution is -2.14. The van der Waals surface area contributed by atoms with Crippen LogP contribution in [0.2, 0.25) is 0 Å². The van der Waals surface area contributed by atoms with Crippen LogP contribution in [0, 0.1) is 0 Å². The molecule has 0 aliphatic heterocycles. The van der Waals surface area contributed by atoms with Crippen LogP contribution < -0.4 is 0 Å². The van der Waals surface area contributed by atoms with Crippen molar-refractivity contribution in [3.05, 3.63) is 34.9 Å². The average molecular weight is 272 g/mol. The van der Waals surface area contributed by atoms with Crippen LogP contribution in [0.25, 0.3) is 0 Å². The normalized spacial score (nSPS) is 10.4. The Morgan fingerprint density at radius 1 is 1.05 bits per heavy atom. The molecule has 4 nitrogen and oxygen atoms in total. The van der Waals surface area contributed by atoms with Crippen molar-refractivity contribution in [2.24, 2.45) is 0 Å². The summed E-state index contributed by atoms with van der Waals surface area (Å²) in [6.07, 6.45) is -2.97. The van der Waals surface area contributed by atoms with Gasteiger partial charge in [-0.15, -0.1) is 0 Å². The number of benzene rings is 1. The van der Waals surface area contributed by atoms with Crippen LogP contribution in [-0.2, 0) is 9.47 Å². The van der Waals surface area contributed by atoms with E-state index in [1.807, 2.05) is 0 Å². The van der Waals surface area contributed by atoms with Gasteiger partial charge in [0, 0.05) is 5.56 Å². The molecule has 104 valence electrons. The number of hydrogen-bond acceptors (Lipinski definition) is 4. The fourth-order valence-corrected chi connectivity index (χ4v) is 1.57. The Morgan fingerprint density at radius 3 is 1.79 bits per heavy atom. The van der Waals surface area contributed by atoms with E-state index in [0.717, 1.165) is 0 Å². The highest BCUT2D eigenvalue weighted by Gasteiger charge is 2.26. The first-order valence-electron chi connectivity index (χ1n) is 5.78. The summed E-state index contributed by atoms with van der Waals surface area (Å²) in [4.78, 5) is 23.2. The second kappa shape index (κ2) is 6.82. The van der Waals surface area contributed by atoms with Crippen LogP contribution in [0.15, 0.2) is 18.2 Å². The Hall–Kier alpha value is -1.98. The van der Waals surface area contributed by atoms with Gasteiger partial charge in [0.1, 0.15) is 0 Å². The number of alkyl halides is 2. The minimum absolute atomic E-state index is 0.0607. The lowest BCUT2D eigenvalue weighted by Gasteiger charge is -2.12. The first-order valence-corrected chi connectivity index (χ1v) is 5.78. The Labute approximate surface area is 109 Å². The van der Waals surface area contributed by atoms with E-state index in [4.69, 9.17) is 0 Å². The van der Waals surface area contributed by atoms with E-state index in [-0.39, 0.29) is 24.3 Å². The lowest BCUT2D eigenvalue weighted by molar-refractivity contribution is 0.0503. The number of carbonyl (C=O) groups is 2. The molecule has 6 heteroatoms. The molecule has 19 heavy (non-hydrogen) atoms. The maximum absolute atomic E-state index is 13.1. The Bertz CT molecular complexity index is 435. The molecule has 0 aliphatic rings. The first-order chi connectivity index (χ1) is 9.02. The Kier molecular flexibility index (Phi) is 5.41. The van der Waals surface area contributed by atoms with Gasteiger partial charge in [-0.25, -0.2) is 18.4 Å². The van der Waals surface area contributed by atoms with Crippen molar-refractivity contribution < 1.29 is 27.8 Å². The molecule has 0 radical (unpaired) electrons. The number of hydrogen-bond donors (Lipinski definition) is 0. The van der Waals surface area contributed by atoms with Crippen molar-refractivity contribution in [3.8, 4) is 0 Å². The van der Waals surface area contributed by atoms with Crippen LogP contribution in [0.1, 0.15) is 46.6 Å². The molecule has 1 aromatic rings. The zero-order valence-electron chi connectivity index (χ0n) is 10.6. The molecule has 0 atom stereocenters. The molecule has 0 unspecified atom stereocenters. The maximum atomic E-state index is 13.1. The summed E-state index contributed by atoms with van der Waals surface area (Å²) in [5.41, 5.74) is -1.29. The standard InChI is InChI=1S/C13H14F2O4/c1-3-18-12(16)8-6-5-7-9(10(8)11(14)15)13(17)19-4-2/h5-7,11H,3-4H2,1-2H3. The molecule has 1 rings (SSSR count). The molecule has 0 N–H and O–H groups in total. The van der Waals surface area contributed by atoms with Crippen LogP contribution in [0.5, 0.6) is 0 Å². The Morgan fingerprint density at radius 2 is 1.47 bits per heavy atom. The number of halogens is 2. The summed E-state index contributed by atoms with van der Waals surface area (Å²) in [6, 6.07) is 3.73. The van der Waals surface area contributed by atoms with Gasteiger partial charge in [0.05, 0.1) is 24.3 Å². The number of ether oxygens (including phenoxy) is 2. The second-order valence-corrected chi connectivity index (χ2v) is 3.51. The van der Waals surface area contributed by atoms with Gasteiger partial charge in [0.25, 0.3) is 6.43 Å². The van der Waals surface area contributed by atoms with E-state index >= 15 is 0 Å². The van der Waals surface area contributed by atoms with Gasteiger partial charge >= 0.3 is 11.9 Å². The third kappa shape index (κ3) is 3.49. The minimum atomic E-state index is -2.97. The average Bonchev–Trinajstić information content (AvgIpc) is 2.38. The molecule has 0 fully saturated rings. The first kappa shape index (κ1) is 15.1. The highest BCUT2D eigenvalue weighted by molar-refractivity contribution is 5.98. The topological polar surface area (TPSA) is 52.6 Å². The van der Waals surface area contributed by atoms with Gasteiger partial charge in [-0.1, -0.05) is 6.07 Å². The van der Waals surface area contributed by atoms with Crippen molar-refractivity contribution in [1.82, 2.24) is 0 Å². The minimum Gasteiger partial charge on any atom is -0.462 e. The molecule has 0 saturated carbocycles. The SMILES string of the molecule is CCOC(=O)c1cccc(C(=O)OCC)c1C(F)F. The summed E-state index contributed by atoms with van der Waals surface area (Å²) in [6.45, 7) is 3.25. The van der Waals surface area contributed by atoms with Crippen LogP contribution in [0.3, 0.4) is 0 Å². The zero-order valence-corrected chi connectivity index (χ0v) is 10.6. The van der Waals surface area contributed by atoms with Crippen LogP contribution in [0.4, 0.5) is 8.78 Å². The predicted molar refractivity (Wildman–Crippen MR) is 63.3 cm³/mol. The van der Waals surface area contributed by atoms with Crippen molar-refractivity contribution in [2.75, 3.05) is 13.2 Å². The second-order valence-electron chi connectivity index (χ2n) is 3.51. The molecule has 0 aromatic heterocycles. The summed E-state index contributed by atoms with van der Waals surface area (Å²) in [7, 11) is 0. The molecular weight excluding hydrogens is 258 g/mol. The van der Waals surface area contributed by atoms with Gasteiger partial charge in [-0.3, -0.25) is 0 Å². The highest BCUT2D eigenvalue weighted by Crippen LogP contribution is 2.28. The van der Waals surface area contributed by atoms with Crippen LogP contribution in [-0.4, -0.2) is 25.2 Å². The molecule has 0 spiro atoms. The zero-order chi connectivity index (χ0) is 14.4. The van der Waals surface area contributed by atoms with Gasteiger partial charge in [-0.05, 0) is 26.0 Å².